The van der Waals surface area contributed by atoms with Gasteiger partial charge < -0.3 is 0 Å². The highest BCUT2D eigenvalue weighted by atomic mass is 14.4. The molecule has 5 aliphatic rings. The quantitative estimate of drug-likeness (QED) is 0.555. The molecule has 5 rings (SSSR count). The SMILES string of the molecule is CC1C2CCCC1CC2.CCC(C)C1CC2CC(C2)C1. The van der Waals surface area contributed by atoms with Crippen molar-refractivity contribution in [2.75, 3.05) is 0 Å². The second-order valence-electron chi connectivity index (χ2n) is 8.71. The van der Waals surface area contributed by atoms with Gasteiger partial charge in [-0.3, -0.25) is 0 Å². The van der Waals surface area contributed by atoms with Gasteiger partial charge in [0.25, 0.3) is 0 Å². The average Bonchev–Trinajstić information content (AvgIpc) is 2.68. The molecule has 20 heavy (non-hydrogen) atoms. The van der Waals surface area contributed by atoms with Crippen LogP contribution in [0, 0.1) is 41.4 Å². The fourth-order valence-corrected chi connectivity index (χ4v) is 5.80. The molecule has 0 amide bonds. The van der Waals surface area contributed by atoms with E-state index in [1.807, 2.05) is 0 Å². The fourth-order valence-electron chi connectivity index (χ4n) is 5.80. The van der Waals surface area contributed by atoms with E-state index in [2.05, 4.69) is 20.8 Å². The summed E-state index contributed by atoms with van der Waals surface area (Å²) in [4.78, 5) is 0. The molecule has 5 saturated carbocycles. The summed E-state index contributed by atoms with van der Waals surface area (Å²) in [7, 11) is 0. The van der Waals surface area contributed by atoms with Gasteiger partial charge in [0.15, 0.2) is 0 Å². The van der Waals surface area contributed by atoms with E-state index in [1.165, 1.54) is 25.7 Å². The van der Waals surface area contributed by atoms with Crippen LogP contribution in [0.15, 0.2) is 0 Å². The summed E-state index contributed by atoms with van der Waals surface area (Å²) < 4.78 is 0. The molecular formula is C20H36. The van der Waals surface area contributed by atoms with E-state index in [-0.39, 0.29) is 0 Å². The molecule has 0 radical (unpaired) electrons. The Kier molecular flexibility index (Phi) is 4.78. The van der Waals surface area contributed by atoms with Gasteiger partial charge in [0.2, 0.25) is 0 Å². The Hall–Kier alpha value is 0. The minimum atomic E-state index is 1.00. The molecule has 0 heterocycles. The highest BCUT2D eigenvalue weighted by molar-refractivity contribution is 4.90. The molecule has 3 atom stereocenters. The summed E-state index contributed by atoms with van der Waals surface area (Å²) in [6.45, 7) is 7.24. The normalized spacial score (nSPS) is 47.0. The number of hydrogen-bond acceptors (Lipinski definition) is 0. The first kappa shape index (κ1) is 14.9. The highest BCUT2D eigenvalue weighted by Crippen LogP contribution is 2.50. The summed E-state index contributed by atoms with van der Waals surface area (Å²) in [5.41, 5.74) is 0. The van der Waals surface area contributed by atoms with Gasteiger partial charge in [-0.2, -0.15) is 0 Å². The maximum Gasteiger partial charge on any atom is -0.0383 e. The van der Waals surface area contributed by atoms with Crippen LogP contribution in [0.1, 0.15) is 85.0 Å². The summed E-state index contributed by atoms with van der Waals surface area (Å²) in [5.74, 6) is 7.73. The molecular weight excluding hydrogens is 240 g/mol. The van der Waals surface area contributed by atoms with Crippen molar-refractivity contribution in [1.82, 2.24) is 0 Å². The summed E-state index contributed by atoms with van der Waals surface area (Å²) in [6, 6.07) is 0. The zero-order valence-electron chi connectivity index (χ0n) is 14.1. The van der Waals surface area contributed by atoms with Crippen LogP contribution >= 0.6 is 0 Å². The maximum absolute atomic E-state index is 2.46. The van der Waals surface area contributed by atoms with Crippen molar-refractivity contribution in [1.29, 1.82) is 0 Å². The smallest absolute Gasteiger partial charge is 0.0383 e. The Morgan fingerprint density at radius 1 is 0.850 bits per heavy atom. The zero-order valence-corrected chi connectivity index (χ0v) is 14.1. The van der Waals surface area contributed by atoms with Crippen molar-refractivity contribution < 1.29 is 0 Å². The zero-order chi connectivity index (χ0) is 14.1. The molecule has 5 aliphatic carbocycles. The Labute approximate surface area is 127 Å². The van der Waals surface area contributed by atoms with Crippen LogP contribution in [0.2, 0.25) is 0 Å². The third-order valence-electron chi connectivity index (χ3n) is 7.60. The first-order valence-electron chi connectivity index (χ1n) is 9.67. The van der Waals surface area contributed by atoms with Crippen LogP contribution in [0.25, 0.3) is 0 Å². The first-order valence-corrected chi connectivity index (χ1v) is 9.67. The summed E-state index contributed by atoms with van der Waals surface area (Å²) >= 11 is 0. The Bertz CT molecular complexity index is 275. The van der Waals surface area contributed by atoms with E-state index >= 15 is 0 Å². The lowest BCUT2D eigenvalue weighted by Crippen LogP contribution is -2.36. The van der Waals surface area contributed by atoms with Gasteiger partial charge in [-0.25, -0.2) is 0 Å². The second kappa shape index (κ2) is 6.41. The fraction of sp³-hybridized carbons (Fsp3) is 1.00. The molecule has 0 aliphatic heterocycles. The summed E-state index contributed by atoms with van der Waals surface area (Å²) in [5, 5.41) is 0. The molecule has 0 aromatic heterocycles. The molecule has 0 heteroatoms. The van der Waals surface area contributed by atoms with Gasteiger partial charge in [-0.05, 0) is 80.0 Å². The summed E-state index contributed by atoms with van der Waals surface area (Å²) in [6.07, 6.45) is 15.4. The van der Waals surface area contributed by atoms with E-state index in [1.54, 1.807) is 38.5 Å². The molecule has 0 N–H and O–H groups in total. The maximum atomic E-state index is 2.46. The third kappa shape index (κ3) is 3.09. The van der Waals surface area contributed by atoms with Crippen LogP contribution < -0.4 is 0 Å². The van der Waals surface area contributed by atoms with Gasteiger partial charge >= 0.3 is 0 Å². The Morgan fingerprint density at radius 2 is 1.40 bits per heavy atom. The lowest BCUT2D eigenvalue weighted by Gasteiger charge is -2.47. The average molecular weight is 277 g/mol. The van der Waals surface area contributed by atoms with Crippen LogP contribution in [-0.2, 0) is 0 Å². The monoisotopic (exact) mass is 276 g/mol. The number of rotatable bonds is 2. The predicted molar refractivity (Wildman–Crippen MR) is 87.6 cm³/mol. The lowest BCUT2D eigenvalue weighted by atomic mass is 9.59. The number of fused-ring (bicyclic) bond motifs is 4. The molecule has 3 unspecified atom stereocenters. The van der Waals surface area contributed by atoms with Gasteiger partial charge in [-0.1, -0.05) is 46.5 Å². The van der Waals surface area contributed by atoms with Gasteiger partial charge in [0, 0.05) is 0 Å². The topological polar surface area (TPSA) is 0 Å². The first-order chi connectivity index (χ1) is 9.67. The van der Waals surface area contributed by atoms with Crippen molar-refractivity contribution in [3.63, 3.8) is 0 Å². The largest absolute Gasteiger partial charge is 0.0651 e. The highest BCUT2D eigenvalue weighted by Gasteiger charge is 2.39. The van der Waals surface area contributed by atoms with Crippen molar-refractivity contribution in [2.24, 2.45) is 41.4 Å². The van der Waals surface area contributed by atoms with E-state index < -0.39 is 0 Å². The lowest BCUT2D eigenvalue weighted by molar-refractivity contribution is 0.0423. The Morgan fingerprint density at radius 3 is 1.85 bits per heavy atom. The molecule has 0 nitrogen and oxygen atoms in total. The molecule has 0 aromatic carbocycles. The van der Waals surface area contributed by atoms with Gasteiger partial charge in [0.05, 0.1) is 0 Å². The van der Waals surface area contributed by atoms with E-state index in [9.17, 15) is 0 Å². The van der Waals surface area contributed by atoms with Crippen molar-refractivity contribution in [3.8, 4) is 0 Å². The molecule has 0 aromatic rings. The minimum absolute atomic E-state index is 1.00. The number of hydrogen-bond donors (Lipinski definition) is 0. The van der Waals surface area contributed by atoms with Crippen LogP contribution in [0.5, 0.6) is 0 Å². The van der Waals surface area contributed by atoms with E-state index in [4.69, 9.17) is 0 Å². The van der Waals surface area contributed by atoms with Gasteiger partial charge in [-0.15, -0.1) is 0 Å². The standard InChI is InChI=1S/C11H20.C9H16/c1-3-8(2)11-6-9-4-10(5-9)7-11;1-7-8-3-2-4-9(7)6-5-8/h8-11H,3-7H2,1-2H3;7-9H,2-6H2,1H3. The van der Waals surface area contributed by atoms with E-state index in [0.29, 0.717) is 0 Å². The second-order valence-corrected chi connectivity index (χ2v) is 8.71. The minimum Gasteiger partial charge on any atom is -0.0651 e. The predicted octanol–water partition coefficient (Wildman–Crippen LogP) is 6.30. The van der Waals surface area contributed by atoms with Crippen molar-refractivity contribution in [3.05, 3.63) is 0 Å². The van der Waals surface area contributed by atoms with E-state index in [0.717, 1.165) is 41.4 Å². The molecule has 5 fully saturated rings. The van der Waals surface area contributed by atoms with Crippen molar-refractivity contribution >= 4 is 0 Å². The van der Waals surface area contributed by atoms with Crippen LogP contribution in [-0.4, -0.2) is 0 Å². The molecule has 4 bridgehead atoms. The van der Waals surface area contributed by atoms with Crippen LogP contribution in [0.3, 0.4) is 0 Å². The molecule has 116 valence electrons. The molecule has 0 saturated heterocycles. The molecule has 0 spiro atoms. The van der Waals surface area contributed by atoms with Crippen LogP contribution in [0.4, 0.5) is 0 Å². The Balaban J connectivity index is 0.000000123. The van der Waals surface area contributed by atoms with Crippen molar-refractivity contribution in [2.45, 2.75) is 85.0 Å². The third-order valence-corrected chi connectivity index (χ3v) is 7.60. The van der Waals surface area contributed by atoms with Gasteiger partial charge in [0.1, 0.15) is 0 Å².